The second-order valence-corrected chi connectivity index (χ2v) is 15.4. The first kappa shape index (κ1) is 55.0. The number of hydrogen-bond acceptors (Lipinski definition) is 0. The number of rotatable bonds is 35. The maximum Gasteiger partial charge on any atom is -0.0298 e. The normalized spacial score (nSPS) is 12.4. The van der Waals surface area contributed by atoms with E-state index >= 15 is 0 Å². The predicted octanol–water partition coefficient (Wildman–Crippen LogP) is 19.9. The van der Waals surface area contributed by atoms with Crippen LogP contribution >= 0.6 is 0 Å². The molecule has 0 N–H and O–H groups in total. The smallest absolute Gasteiger partial charge is 0.0298 e. The highest BCUT2D eigenvalue weighted by molar-refractivity contribution is 5.36. The quantitative estimate of drug-likeness (QED) is 0.0347. The molecule has 0 fully saturated rings. The van der Waals surface area contributed by atoms with Crippen molar-refractivity contribution in [2.24, 2.45) is 0 Å². The van der Waals surface area contributed by atoms with Gasteiger partial charge in [-0.25, -0.2) is 0 Å². The molecule has 0 amide bonds. The SMILES string of the molecule is CC=CCCCCCCC.CC=CCCCCCCCCC.CCCCCCC=C(C=C(CC)CCCCCC)C=C(CC)CCCCCCCC. The maximum absolute atomic E-state index is 2.55. The van der Waals surface area contributed by atoms with Gasteiger partial charge in [-0.3, -0.25) is 0 Å². The van der Waals surface area contributed by atoms with Gasteiger partial charge in [0, 0.05) is 0 Å². The van der Waals surface area contributed by atoms with E-state index in [2.05, 4.69) is 105 Å². The Hall–Kier alpha value is -1.30. The molecule has 308 valence electrons. The van der Waals surface area contributed by atoms with Crippen molar-refractivity contribution in [3.8, 4) is 0 Å². The number of allylic oxidation sites excluding steroid dienone is 10. The molecule has 0 spiro atoms. The molecule has 0 aromatic carbocycles. The van der Waals surface area contributed by atoms with Gasteiger partial charge in [0.05, 0.1) is 0 Å². The van der Waals surface area contributed by atoms with E-state index in [0.717, 1.165) is 0 Å². The molecule has 0 atom stereocenters. The second kappa shape index (κ2) is 51.8. The van der Waals surface area contributed by atoms with E-state index < -0.39 is 0 Å². The summed E-state index contributed by atoms with van der Waals surface area (Å²) in [7, 11) is 0. The Morgan fingerprint density at radius 2 is 0.615 bits per heavy atom. The van der Waals surface area contributed by atoms with E-state index in [1.807, 2.05) is 0 Å². The summed E-state index contributed by atoms with van der Waals surface area (Å²) in [5, 5.41) is 0. The van der Waals surface area contributed by atoms with Crippen LogP contribution in [0.15, 0.2) is 59.3 Å². The van der Waals surface area contributed by atoms with E-state index in [-0.39, 0.29) is 0 Å². The molecular weight excluding hydrogens is 625 g/mol. The lowest BCUT2D eigenvalue weighted by atomic mass is 9.97. The van der Waals surface area contributed by atoms with Crippen LogP contribution in [0.5, 0.6) is 0 Å². The minimum absolute atomic E-state index is 1.20. The lowest BCUT2D eigenvalue weighted by Gasteiger charge is -2.09. The first-order chi connectivity index (χ1) is 25.5. The Labute approximate surface area is 332 Å². The second-order valence-electron chi connectivity index (χ2n) is 15.4. The van der Waals surface area contributed by atoms with Crippen LogP contribution in [0, 0.1) is 0 Å². The first-order valence-corrected chi connectivity index (χ1v) is 23.9. The van der Waals surface area contributed by atoms with Crippen LogP contribution in [0.25, 0.3) is 0 Å². The molecule has 0 aliphatic carbocycles. The van der Waals surface area contributed by atoms with Gasteiger partial charge in [-0.2, -0.15) is 0 Å². The zero-order chi connectivity index (χ0) is 39.0. The first-order valence-electron chi connectivity index (χ1n) is 23.9. The van der Waals surface area contributed by atoms with Crippen LogP contribution in [0.1, 0.15) is 274 Å². The topological polar surface area (TPSA) is 0 Å². The molecule has 0 nitrogen and oxygen atoms in total. The van der Waals surface area contributed by atoms with Crippen molar-refractivity contribution in [1.29, 1.82) is 0 Å². The molecule has 0 saturated heterocycles. The van der Waals surface area contributed by atoms with Crippen molar-refractivity contribution < 1.29 is 0 Å². The summed E-state index contributed by atoms with van der Waals surface area (Å²) in [6.07, 6.45) is 61.4. The Morgan fingerprint density at radius 3 is 0.962 bits per heavy atom. The minimum Gasteiger partial charge on any atom is -0.0917 e. The van der Waals surface area contributed by atoms with E-state index in [9.17, 15) is 0 Å². The molecular formula is C52H100. The van der Waals surface area contributed by atoms with Crippen molar-refractivity contribution in [3.63, 3.8) is 0 Å². The lowest BCUT2D eigenvalue weighted by Crippen LogP contribution is -1.89. The lowest BCUT2D eigenvalue weighted by molar-refractivity contribution is 0.592. The summed E-state index contributed by atoms with van der Waals surface area (Å²) >= 11 is 0. The predicted molar refractivity (Wildman–Crippen MR) is 246 cm³/mol. The van der Waals surface area contributed by atoms with Crippen LogP contribution in [-0.2, 0) is 0 Å². The monoisotopic (exact) mass is 725 g/mol. The summed E-state index contributed by atoms with van der Waals surface area (Å²) in [6.45, 7) is 20.3. The highest BCUT2D eigenvalue weighted by Crippen LogP contribution is 2.21. The third-order valence-electron chi connectivity index (χ3n) is 10.2. The third-order valence-corrected chi connectivity index (χ3v) is 10.2. The molecule has 0 heterocycles. The van der Waals surface area contributed by atoms with E-state index in [0.29, 0.717) is 0 Å². The largest absolute Gasteiger partial charge is 0.0917 e. The van der Waals surface area contributed by atoms with E-state index in [1.54, 1.807) is 11.1 Å². The van der Waals surface area contributed by atoms with Crippen molar-refractivity contribution in [1.82, 2.24) is 0 Å². The van der Waals surface area contributed by atoms with Gasteiger partial charge in [0.25, 0.3) is 0 Å². The molecule has 0 bridgehead atoms. The Balaban J connectivity index is -0.000000886. The van der Waals surface area contributed by atoms with Crippen molar-refractivity contribution >= 4 is 0 Å². The van der Waals surface area contributed by atoms with Gasteiger partial charge in [0.1, 0.15) is 0 Å². The van der Waals surface area contributed by atoms with Crippen molar-refractivity contribution in [2.45, 2.75) is 274 Å². The van der Waals surface area contributed by atoms with Crippen LogP contribution in [0.3, 0.4) is 0 Å². The molecule has 0 aliphatic heterocycles. The summed E-state index contributed by atoms with van der Waals surface area (Å²) < 4.78 is 0. The van der Waals surface area contributed by atoms with Gasteiger partial charge in [0.15, 0.2) is 0 Å². The molecule has 0 rings (SSSR count). The summed E-state index contributed by atoms with van der Waals surface area (Å²) in [4.78, 5) is 0. The zero-order valence-corrected chi connectivity index (χ0v) is 37.9. The van der Waals surface area contributed by atoms with Gasteiger partial charge in [-0.05, 0) is 96.5 Å². The summed E-state index contributed by atoms with van der Waals surface area (Å²) in [5.74, 6) is 0. The number of hydrogen-bond donors (Lipinski definition) is 0. The zero-order valence-electron chi connectivity index (χ0n) is 37.9. The van der Waals surface area contributed by atoms with Gasteiger partial charge in [-0.1, -0.05) is 237 Å². The van der Waals surface area contributed by atoms with Crippen molar-refractivity contribution in [2.75, 3.05) is 0 Å². The van der Waals surface area contributed by atoms with Crippen LogP contribution in [-0.4, -0.2) is 0 Å². The molecule has 0 aromatic rings. The average Bonchev–Trinajstić information content (AvgIpc) is 3.16. The third kappa shape index (κ3) is 48.7. The molecule has 52 heavy (non-hydrogen) atoms. The van der Waals surface area contributed by atoms with Crippen LogP contribution in [0.4, 0.5) is 0 Å². The fourth-order valence-corrected chi connectivity index (χ4v) is 6.50. The number of unbranched alkanes of at least 4 members (excludes halogenated alkanes) is 24. The van der Waals surface area contributed by atoms with Gasteiger partial charge >= 0.3 is 0 Å². The summed E-state index contributed by atoms with van der Waals surface area (Å²) in [6, 6.07) is 0. The van der Waals surface area contributed by atoms with Crippen LogP contribution < -0.4 is 0 Å². The van der Waals surface area contributed by atoms with E-state index in [4.69, 9.17) is 0 Å². The Bertz CT molecular complexity index is 787. The van der Waals surface area contributed by atoms with Crippen LogP contribution in [0.2, 0.25) is 0 Å². The fourth-order valence-electron chi connectivity index (χ4n) is 6.50. The summed E-state index contributed by atoms with van der Waals surface area (Å²) in [5.41, 5.74) is 4.81. The van der Waals surface area contributed by atoms with Gasteiger partial charge in [-0.15, -0.1) is 0 Å². The molecule has 0 aromatic heterocycles. The molecule has 0 saturated carbocycles. The van der Waals surface area contributed by atoms with Gasteiger partial charge < -0.3 is 0 Å². The maximum atomic E-state index is 2.55. The average molecular weight is 725 g/mol. The van der Waals surface area contributed by atoms with E-state index in [1.165, 1.54) is 217 Å². The molecule has 0 aliphatic rings. The Kier molecular flexibility index (Phi) is 54.8. The molecule has 0 unspecified atom stereocenters. The minimum atomic E-state index is 1.20. The highest BCUT2D eigenvalue weighted by atomic mass is 14.1. The van der Waals surface area contributed by atoms with Crippen molar-refractivity contribution in [3.05, 3.63) is 59.3 Å². The highest BCUT2D eigenvalue weighted by Gasteiger charge is 2.02. The Morgan fingerprint density at radius 1 is 0.327 bits per heavy atom. The standard InChI is InChI=1S/C30H56.C12H24.C10H20/c1-6-11-14-17-19-21-24-29(10-5)27-30(25-22-18-15-12-7-2)26-28(9-4)23-20-16-13-8-3;1-3-5-7-9-11-12-10-8-6-4-2;1-3-5-7-9-10-8-6-4-2/h25-27H,6-24H2,1-5H3;3,5H,4,6-12H2,1-2H3;3,5H,4,6-10H2,1-2H3. The molecule has 0 heteroatoms. The fraction of sp³-hybridized carbons (Fsp3) is 0.808. The van der Waals surface area contributed by atoms with Gasteiger partial charge in [0.2, 0.25) is 0 Å². The molecule has 0 radical (unpaired) electrons.